The lowest BCUT2D eigenvalue weighted by Gasteiger charge is -2.02. The van der Waals surface area contributed by atoms with Gasteiger partial charge in [0, 0.05) is 6.20 Å². The zero-order valence-corrected chi connectivity index (χ0v) is 6.68. The van der Waals surface area contributed by atoms with E-state index in [-0.39, 0.29) is 5.84 Å². The van der Waals surface area contributed by atoms with Gasteiger partial charge in [-0.2, -0.15) is 0 Å². The molecular formula is C7H10BN3. The fraction of sp³-hybridized carbons (Fsp3) is 0.143. The molecule has 1 rings (SSSR count). The minimum Gasteiger partial charge on any atom is -0.382 e. The molecule has 0 amide bonds. The number of amidine groups is 1. The highest BCUT2D eigenvalue weighted by Gasteiger charge is 2.01. The van der Waals surface area contributed by atoms with Crippen LogP contribution in [0.1, 0.15) is 11.3 Å². The van der Waals surface area contributed by atoms with E-state index in [0.29, 0.717) is 5.69 Å². The Labute approximate surface area is 66.6 Å². The maximum atomic E-state index is 7.16. The molecule has 4 heteroatoms. The molecule has 1 heterocycles. The lowest BCUT2D eigenvalue weighted by Crippen LogP contribution is -2.17. The van der Waals surface area contributed by atoms with E-state index in [1.165, 1.54) is 0 Å². The molecule has 0 bridgehead atoms. The standard InChI is InChI=1S/C7H10BN3/c1-4-2-5(8)3-11-6(4)7(9)10/h2-3H,8H2,1H3,(H3,9,10). The quantitative estimate of drug-likeness (QED) is 0.302. The largest absolute Gasteiger partial charge is 0.382 e. The Kier molecular flexibility index (Phi) is 1.94. The van der Waals surface area contributed by atoms with Crippen LogP contribution in [0.15, 0.2) is 12.3 Å². The summed E-state index contributed by atoms with van der Waals surface area (Å²) in [5, 5.41) is 7.16. The molecule has 0 aliphatic rings. The van der Waals surface area contributed by atoms with Crippen molar-refractivity contribution in [1.82, 2.24) is 4.98 Å². The van der Waals surface area contributed by atoms with Crippen molar-refractivity contribution in [3.63, 3.8) is 0 Å². The predicted octanol–water partition coefficient (Wildman–Crippen LogP) is -1.07. The number of hydrogen-bond acceptors (Lipinski definition) is 2. The Bertz CT molecular complexity index is 296. The fourth-order valence-electron chi connectivity index (χ4n) is 0.997. The Morgan fingerprint density at radius 2 is 2.36 bits per heavy atom. The van der Waals surface area contributed by atoms with Crippen LogP contribution < -0.4 is 11.2 Å². The van der Waals surface area contributed by atoms with Crippen molar-refractivity contribution >= 4 is 19.1 Å². The lowest BCUT2D eigenvalue weighted by molar-refractivity contribution is 1.22. The molecule has 3 N–H and O–H groups in total. The van der Waals surface area contributed by atoms with E-state index in [2.05, 4.69) is 4.98 Å². The van der Waals surface area contributed by atoms with Gasteiger partial charge in [-0.25, -0.2) is 0 Å². The number of aryl methyl sites for hydroxylation is 1. The zero-order valence-electron chi connectivity index (χ0n) is 6.68. The highest BCUT2D eigenvalue weighted by atomic mass is 14.8. The molecule has 0 radical (unpaired) electrons. The van der Waals surface area contributed by atoms with Crippen LogP contribution in [0, 0.1) is 12.3 Å². The third-order valence-electron chi connectivity index (χ3n) is 1.47. The molecule has 0 saturated carbocycles. The first kappa shape index (κ1) is 7.79. The Balaban J connectivity index is 3.20. The summed E-state index contributed by atoms with van der Waals surface area (Å²) >= 11 is 0. The van der Waals surface area contributed by atoms with E-state index in [9.17, 15) is 0 Å². The van der Waals surface area contributed by atoms with Gasteiger partial charge in [0.25, 0.3) is 0 Å². The Hall–Kier alpha value is -1.32. The Morgan fingerprint density at radius 3 is 2.82 bits per heavy atom. The van der Waals surface area contributed by atoms with Crippen molar-refractivity contribution in [2.75, 3.05) is 0 Å². The van der Waals surface area contributed by atoms with E-state index >= 15 is 0 Å². The summed E-state index contributed by atoms with van der Waals surface area (Å²) in [6, 6.07) is 1.96. The fourth-order valence-corrected chi connectivity index (χ4v) is 0.997. The van der Waals surface area contributed by atoms with Crippen LogP contribution in [-0.4, -0.2) is 18.7 Å². The first-order chi connectivity index (χ1) is 5.11. The van der Waals surface area contributed by atoms with Crippen molar-refractivity contribution < 1.29 is 0 Å². The van der Waals surface area contributed by atoms with Gasteiger partial charge in [-0.1, -0.05) is 11.5 Å². The normalized spacial score (nSPS) is 9.55. The molecule has 11 heavy (non-hydrogen) atoms. The molecule has 1 aromatic heterocycles. The molecule has 1 aromatic rings. The zero-order chi connectivity index (χ0) is 8.43. The summed E-state index contributed by atoms with van der Waals surface area (Å²) in [5.41, 5.74) is 7.91. The van der Waals surface area contributed by atoms with Gasteiger partial charge in [-0.3, -0.25) is 10.4 Å². The van der Waals surface area contributed by atoms with Crippen molar-refractivity contribution in [2.45, 2.75) is 6.92 Å². The number of nitrogen functional groups attached to an aromatic ring is 1. The van der Waals surface area contributed by atoms with Crippen LogP contribution >= 0.6 is 0 Å². The monoisotopic (exact) mass is 147 g/mol. The maximum Gasteiger partial charge on any atom is 0.142 e. The molecule has 3 nitrogen and oxygen atoms in total. The van der Waals surface area contributed by atoms with Gasteiger partial charge < -0.3 is 5.73 Å². The highest BCUT2D eigenvalue weighted by molar-refractivity contribution is 6.32. The molecule has 0 unspecified atom stereocenters. The molecule has 0 aromatic carbocycles. The van der Waals surface area contributed by atoms with Crippen LogP contribution in [-0.2, 0) is 0 Å². The predicted molar refractivity (Wildman–Crippen MR) is 48.2 cm³/mol. The number of aromatic nitrogens is 1. The summed E-state index contributed by atoms with van der Waals surface area (Å²) < 4.78 is 0. The number of hydrogen-bond donors (Lipinski definition) is 2. The van der Waals surface area contributed by atoms with Crippen LogP contribution in [0.25, 0.3) is 0 Å². The van der Waals surface area contributed by atoms with Crippen LogP contribution in [0.5, 0.6) is 0 Å². The minimum absolute atomic E-state index is 0.0301. The number of pyridine rings is 1. The average Bonchev–Trinajstić information content (AvgIpc) is 1.85. The SMILES string of the molecule is Bc1cnc(C(=N)N)c(C)c1. The maximum absolute atomic E-state index is 7.16. The molecule has 0 atom stereocenters. The smallest absolute Gasteiger partial charge is 0.142 e. The number of nitrogens with zero attached hydrogens (tertiary/aromatic N) is 1. The molecule has 0 aliphatic carbocycles. The summed E-state index contributed by atoms with van der Waals surface area (Å²) in [5.74, 6) is 0.0301. The number of nitrogens with two attached hydrogens (primary N) is 1. The van der Waals surface area contributed by atoms with E-state index < -0.39 is 0 Å². The molecule has 0 fully saturated rings. The molecule has 0 spiro atoms. The third-order valence-corrected chi connectivity index (χ3v) is 1.47. The number of nitrogens with one attached hydrogen (secondary N) is 1. The molecule has 56 valence electrons. The average molecular weight is 147 g/mol. The second-order valence-corrected chi connectivity index (χ2v) is 2.59. The van der Waals surface area contributed by atoms with Crippen molar-refractivity contribution in [3.05, 3.63) is 23.5 Å². The number of rotatable bonds is 1. The summed E-state index contributed by atoms with van der Waals surface area (Å²) in [7, 11) is 1.96. The first-order valence-electron chi connectivity index (χ1n) is 3.39. The van der Waals surface area contributed by atoms with Gasteiger partial charge in [-0.15, -0.1) is 0 Å². The van der Waals surface area contributed by atoms with Crippen molar-refractivity contribution in [3.8, 4) is 0 Å². The second kappa shape index (κ2) is 2.74. The summed E-state index contributed by atoms with van der Waals surface area (Å²) in [6.45, 7) is 1.90. The van der Waals surface area contributed by atoms with Gasteiger partial charge in [0.1, 0.15) is 19.4 Å². The summed E-state index contributed by atoms with van der Waals surface area (Å²) in [6.07, 6.45) is 1.71. The van der Waals surface area contributed by atoms with Crippen LogP contribution in [0.3, 0.4) is 0 Å². The van der Waals surface area contributed by atoms with Gasteiger partial charge in [0.05, 0.1) is 0 Å². The van der Waals surface area contributed by atoms with Gasteiger partial charge in [0.15, 0.2) is 0 Å². The third kappa shape index (κ3) is 1.58. The Morgan fingerprint density at radius 1 is 1.73 bits per heavy atom. The van der Waals surface area contributed by atoms with E-state index in [1.807, 2.05) is 20.8 Å². The van der Waals surface area contributed by atoms with Crippen molar-refractivity contribution in [1.29, 1.82) is 5.41 Å². The molecule has 0 aliphatic heterocycles. The highest BCUT2D eigenvalue weighted by Crippen LogP contribution is 1.98. The van der Waals surface area contributed by atoms with E-state index in [4.69, 9.17) is 11.1 Å². The summed E-state index contributed by atoms with van der Waals surface area (Å²) in [4.78, 5) is 4.03. The van der Waals surface area contributed by atoms with Crippen molar-refractivity contribution in [2.24, 2.45) is 5.73 Å². The van der Waals surface area contributed by atoms with E-state index in [0.717, 1.165) is 11.0 Å². The van der Waals surface area contributed by atoms with Gasteiger partial charge in [0.2, 0.25) is 0 Å². The van der Waals surface area contributed by atoms with Gasteiger partial charge >= 0.3 is 0 Å². The van der Waals surface area contributed by atoms with Gasteiger partial charge in [-0.05, 0) is 12.5 Å². The van der Waals surface area contributed by atoms with E-state index in [1.54, 1.807) is 6.20 Å². The first-order valence-corrected chi connectivity index (χ1v) is 3.39. The second-order valence-electron chi connectivity index (χ2n) is 2.59. The minimum atomic E-state index is 0.0301. The molecular weight excluding hydrogens is 137 g/mol. The van der Waals surface area contributed by atoms with Crippen LogP contribution in [0.4, 0.5) is 0 Å². The van der Waals surface area contributed by atoms with Crippen LogP contribution in [0.2, 0.25) is 0 Å². The molecule has 0 saturated heterocycles. The lowest BCUT2D eigenvalue weighted by atomic mass is 9.96. The topological polar surface area (TPSA) is 62.8 Å².